The Morgan fingerprint density at radius 2 is 1.85 bits per heavy atom. The molecule has 108 valence electrons. The summed E-state index contributed by atoms with van der Waals surface area (Å²) >= 11 is 0. The summed E-state index contributed by atoms with van der Waals surface area (Å²) in [7, 11) is 0. The standard InChI is InChI=1S/C12H15N3O5/c1-3-19-11(17)8(12(18)20-4-2)7-13-9-5-6-10(16)15-14-9/h5-7H,3-4H2,1-2H3,(H,13,14)(H,15,16). The Kier molecular flexibility index (Phi) is 5.95. The van der Waals surface area contributed by atoms with Gasteiger partial charge in [0.15, 0.2) is 11.4 Å². The summed E-state index contributed by atoms with van der Waals surface area (Å²) in [4.78, 5) is 34.1. The molecule has 0 atom stereocenters. The van der Waals surface area contributed by atoms with Crippen molar-refractivity contribution in [3.05, 3.63) is 34.3 Å². The number of carbonyl (C=O) groups excluding carboxylic acids is 2. The molecule has 1 aromatic rings. The van der Waals surface area contributed by atoms with Crippen LogP contribution in [0.3, 0.4) is 0 Å². The van der Waals surface area contributed by atoms with Crippen LogP contribution in [-0.2, 0) is 19.1 Å². The topological polar surface area (TPSA) is 110 Å². The molecule has 0 saturated heterocycles. The predicted molar refractivity (Wildman–Crippen MR) is 69.8 cm³/mol. The number of H-pyrrole nitrogens is 1. The van der Waals surface area contributed by atoms with Crippen LogP contribution in [-0.4, -0.2) is 35.3 Å². The molecule has 1 rings (SSSR count). The first-order valence-electron chi connectivity index (χ1n) is 5.95. The Balaban J connectivity index is 2.88. The molecule has 1 aromatic heterocycles. The number of ether oxygens (including phenoxy) is 2. The largest absolute Gasteiger partial charge is 0.462 e. The monoisotopic (exact) mass is 281 g/mol. The third-order valence-electron chi connectivity index (χ3n) is 2.03. The van der Waals surface area contributed by atoms with E-state index in [-0.39, 0.29) is 30.2 Å². The molecular formula is C12H15N3O5. The number of carbonyl (C=O) groups is 2. The SMILES string of the molecule is CCOC(=O)C(=CNc1ccc(=O)[nH]n1)C(=O)OCC. The van der Waals surface area contributed by atoms with Gasteiger partial charge in [0.2, 0.25) is 0 Å². The summed E-state index contributed by atoms with van der Waals surface area (Å²) < 4.78 is 9.51. The van der Waals surface area contributed by atoms with Gasteiger partial charge in [0.1, 0.15) is 0 Å². The average Bonchev–Trinajstić information content (AvgIpc) is 2.42. The van der Waals surface area contributed by atoms with Crippen LogP contribution in [0.1, 0.15) is 13.8 Å². The molecular weight excluding hydrogens is 266 g/mol. The number of aromatic amines is 1. The highest BCUT2D eigenvalue weighted by Gasteiger charge is 2.20. The normalized spacial score (nSPS) is 9.50. The van der Waals surface area contributed by atoms with Gasteiger partial charge in [0, 0.05) is 12.3 Å². The maximum atomic E-state index is 11.6. The molecule has 0 aliphatic carbocycles. The van der Waals surface area contributed by atoms with Gasteiger partial charge in [-0.2, -0.15) is 5.10 Å². The van der Waals surface area contributed by atoms with Gasteiger partial charge in [-0.05, 0) is 19.9 Å². The first kappa shape index (κ1) is 15.4. The van der Waals surface area contributed by atoms with Crippen molar-refractivity contribution >= 4 is 17.8 Å². The van der Waals surface area contributed by atoms with Crippen LogP contribution in [0.15, 0.2) is 28.7 Å². The number of aromatic nitrogens is 2. The number of rotatable bonds is 6. The molecule has 1 heterocycles. The van der Waals surface area contributed by atoms with E-state index in [4.69, 9.17) is 9.47 Å². The summed E-state index contributed by atoms with van der Waals surface area (Å²) in [5.41, 5.74) is -0.655. The molecule has 0 radical (unpaired) electrons. The fourth-order valence-electron chi connectivity index (χ4n) is 1.19. The lowest BCUT2D eigenvalue weighted by Crippen LogP contribution is -2.19. The third kappa shape index (κ3) is 4.56. The second-order valence-corrected chi connectivity index (χ2v) is 3.45. The molecule has 8 heteroatoms. The molecule has 0 amide bonds. The molecule has 0 aliphatic rings. The summed E-state index contributed by atoms with van der Waals surface area (Å²) in [5.74, 6) is -1.35. The van der Waals surface area contributed by atoms with Crippen LogP contribution in [0.5, 0.6) is 0 Å². The molecule has 0 bridgehead atoms. The number of hydrogen-bond acceptors (Lipinski definition) is 7. The van der Waals surface area contributed by atoms with Crippen molar-refractivity contribution < 1.29 is 19.1 Å². The molecule has 20 heavy (non-hydrogen) atoms. The number of anilines is 1. The van der Waals surface area contributed by atoms with Crippen molar-refractivity contribution in [3.63, 3.8) is 0 Å². The van der Waals surface area contributed by atoms with Gasteiger partial charge in [0.25, 0.3) is 5.56 Å². The van der Waals surface area contributed by atoms with Gasteiger partial charge in [-0.25, -0.2) is 14.7 Å². The molecule has 8 nitrogen and oxygen atoms in total. The maximum Gasteiger partial charge on any atom is 0.347 e. The number of nitrogens with one attached hydrogen (secondary N) is 2. The van der Waals surface area contributed by atoms with Crippen molar-refractivity contribution in [3.8, 4) is 0 Å². The van der Waals surface area contributed by atoms with E-state index in [0.29, 0.717) is 0 Å². The van der Waals surface area contributed by atoms with E-state index >= 15 is 0 Å². The van der Waals surface area contributed by atoms with Crippen molar-refractivity contribution in [1.82, 2.24) is 10.2 Å². The molecule has 0 aliphatic heterocycles. The molecule has 0 aromatic carbocycles. The van der Waals surface area contributed by atoms with Crippen LogP contribution >= 0.6 is 0 Å². The van der Waals surface area contributed by atoms with E-state index in [2.05, 4.69) is 15.5 Å². The maximum absolute atomic E-state index is 11.6. The van der Waals surface area contributed by atoms with Gasteiger partial charge in [-0.15, -0.1) is 0 Å². The minimum absolute atomic E-state index is 0.131. The summed E-state index contributed by atoms with van der Waals surface area (Å²) in [6.07, 6.45) is 1.12. The molecule has 0 unspecified atom stereocenters. The summed E-state index contributed by atoms with van der Waals surface area (Å²) in [5, 5.41) is 8.47. The number of nitrogens with zero attached hydrogens (tertiary/aromatic N) is 1. The van der Waals surface area contributed by atoms with Gasteiger partial charge in [0.05, 0.1) is 13.2 Å². The lowest BCUT2D eigenvalue weighted by molar-refractivity contribution is -0.146. The Morgan fingerprint density at radius 3 is 2.30 bits per heavy atom. The first-order valence-corrected chi connectivity index (χ1v) is 5.95. The Hall–Kier alpha value is -2.64. The van der Waals surface area contributed by atoms with Crippen molar-refractivity contribution in [2.75, 3.05) is 18.5 Å². The Labute approximate surface area is 114 Å². The predicted octanol–water partition coefficient (Wildman–Crippen LogP) is 0.192. The van der Waals surface area contributed by atoms with Gasteiger partial charge in [-0.3, -0.25) is 4.79 Å². The van der Waals surface area contributed by atoms with Gasteiger partial charge >= 0.3 is 11.9 Å². The lowest BCUT2D eigenvalue weighted by atomic mass is 10.3. The second-order valence-electron chi connectivity index (χ2n) is 3.45. The minimum atomic E-state index is -0.803. The van der Waals surface area contributed by atoms with Crippen molar-refractivity contribution in [1.29, 1.82) is 0 Å². The highest BCUT2D eigenvalue weighted by molar-refractivity contribution is 6.14. The zero-order valence-electron chi connectivity index (χ0n) is 11.1. The fourth-order valence-corrected chi connectivity index (χ4v) is 1.19. The average molecular weight is 281 g/mol. The molecule has 0 saturated carbocycles. The van der Waals surface area contributed by atoms with Crippen LogP contribution in [0.2, 0.25) is 0 Å². The van der Waals surface area contributed by atoms with Crippen LogP contribution < -0.4 is 10.9 Å². The highest BCUT2D eigenvalue weighted by atomic mass is 16.6. The van der Waals surface area contributed by atoms with E-state index in [9.17, 15) is 14.4 Å². The van der Waals surface area contributed by atoms with Crippen LogP contribution in [0, 0.1) is 0 Å². The second kappa shape index (κ2) is 7.72. The molecule has 0 spiro atoms. The fraction of sp³-hybridized carbons (Fsp3) is 0.333. The Bertz CT molecular complexity index is 524. The third-order valence-corrected chi connectivity index (χ3v) is 2.03. The summed E-state index contributed by atoms with van der Waals surface area (Å²) in [6, 6.07) is 2.64. The van der Waals surface area contributed by atoms with E-state index in [1.807, 2.05) is 0 Å². The van der Waals surface area contributed by atoms with Crippen LogP contribution in [0.25, 0.3) is 0 Å². The molecule has 2 N–H and O–H groups in total. The zero-order chi connectivity index (χ0) is 15.0. The van der Waals surface area contributed by atoms with E-state index in [1.165, 1.54) is 12.1 Å². The Morgan fingerprint density at radius 1 is 1.25 bits per heavy atom. The zero-order valence-corrected chi connectivity index (χ0v) is 11.1. The van der Waals surface area contributed by atoms with Gasteiger partial charge < -0.3 is 14.8 Å². The van der Waals surface area contributed by atoms with Gasteiger partial charge in [-0.1, -0.05) is 0 Å². The van der Waals surface area contributed by atoms with E-state index < -0.39 is 11.9 Å². The quantitative estimate of drug-likeness (QED) is 0.331. The highest BCUT2D eigenvalue weighted by Crippen LogP contribution is 2.04. The smallest absolute Gasteiger partial charge is 0.347 e. The summed E-state index contributed by atoms with van der Waals surface area (Å²) in [6.45, 7) is 3.51. The number of hydrogen-bond donors (Lipinski definition) is 2. The van der Waals surface area contributed by atoms with Crippen molar-refractivity contribution in [2.24, 2.45) is 0 Å². The van der Waals surface area contributed by atoms with Crippen LogP contribution in [0.4, 0.5) is 5.82 Å². The van der Waals surface area contributed by atoms with Crippen molar-refractivity contribution in [2.45, 2.75) is 13.8 Å². The van der Waals surface area contributed by atoms with E-state index in [0.717, 1.165) is 6.20 Å². The first-order chi connectivity index (χ1) is 9.58. The number of esters is 2. The lowest BCUT2D eigenvalue weighted by Gasteiger charge is -2.07. The molecule has 0 fully saturated rings. The van der Waals surface area contributed by atoms with E-state index in [1.54, 1.807) is 13.8 Å². The minimum Gasteiger partial charge on any atom is -0.462 e.